The summed E-state index contributed by atoms with van der Waals surface area (Å²) in [5, 5.41) is 6.82. The summed E-state index contributed by atoms with van der Waals surface area (Å²) in [6.07, 6.45) is 1.68. The van der Waals surface area contributed by atoms with Gasteiger partial charge in [-0.25, -0.2) is 4.98 Å². The molecule has 0 spiro atoms. The number of halogens is 1. The Hall–Kier alpha value is -2.21. The van der Waals surface area contributed by atoms with Crippen LogP contribution in [0.5, 0.6) is 11.5 Å². The van der Waals surface area contributed by atoms with E-state index in [2.05, 4.69) is 20.6 Å². The van der Waals surface area contributed by atoms with Gasteiger partial charge >= 0.3 is 0 Å². The summed E-state index contributed by atoms with van der Waals surface area (Å²) in [7, 11) is 3.14. The Bertz CT molecular complexity index is 649. The Kier molecular flexibility index (Phi) is 5.27. The third kappa shape index (κ3) is 3.92. The van der Waals surface area contributed by atoms with Crippen molar-refractivity contribution < 1.29 is 9.47 Å². The Labute approximate surface area is 134 Å². The lowest BCUT2D eigenvalue weighted by Crippen LogP contribution is -2.12. The summed E-state index contributed by atoms with van der Waals surface area (Å²) in [5.74, 6) is 2.35. The molecule has 0 aliphatic carbocycles. The minimum atomic E-state index is 0.250. The molecule has 0 fully saturated rings. The highest BCUT2D eigenvalue weighted by atomic mass is 35.5. The maximum absolute atomic E-state index is 6.10. The van der Waals surface area contributed by atoms with Gasteiger partial charge in [0.2, 0.25) is 5.95 Å². The van der Waals surface area contributed by atoms with E-state index in [9.17, 15) is 0 Å². The van der Waals surface area contributed by atoms with Gasteiger partial charge < -0.3 is 20.1 Å². The molecule has 1 heterocycles. The van der Waals surface area contributed by atoms with Crippen molar-refractivity contribution in [1.29, 1.82) is 0 Å². The SMILES string of the molecule is COc1cc(Nc2ccnc(NC(C)C)n2)c(OC)cc1Cl. The highest BCUT2D eigenvalue weighted by Gasteiger charge is 2.11. The Morgan fingerprint density at radius 2 is 1.86 bits per heavy atom. The largest absolute Gasteiger partial charge is 0.495 e. The molecule has 1 aromatic carbocycles. The number of hydrogen-bond acceptors (Lipinski definition) is 6. The van der Waals surface area contributed by atoms with E-state index in [1.807, 2.05) is 13.8 Å². The lowest BCUT2D eigenvalue weighted by molar-refractivity contribution is 0.405. The molecule has 1 aromatic heterocycles. The topological polar surface area (TPSA) is 68.3 Å². The molecule has 22 heavy (non-hydrogen) atoms. The van der Waals surface area contributed by atoms with Crippen molar-refractivity contribution in [1.82, 2.24) is 9.97 Å². The van der Waals surface area contributed by atoms with Crippen molar-refractivity contribution in [3.63, 3.8) is 0 Å². The number of methoxy groups -OCH3 is 2. The number of nitrogens with zero attached hydrogens (tertiary/aromatic N) is 2. The minimum absolute atomic E-state index is 0.250. The van der Waals surface area contributed by atoms with Crippen LogP contribution in [-0.4, -0.2) is 30.2 Å². The summed E-state index contributed by atoms with van der Waals surface area (Å²) in [5.41, 5.74) is 0.706. The monoisotopic (exact) mass is 322 g/mol. The summed E-state index contributed by atoms with van der Waals surface area (Å²) >= 11 is 6.10. The third-order valence-electron chi connectivity index (χ3n) is 2.81. The van der Waals surface area contributed by atoms with Crippen LogP contribution in [-0.2, 0) is 0 Å². The van der Waals surface area contributed by atoms with E-state index in [0.717, 1.165) is 0 Å². The zero-order chi connectivity index (χ0) is 16.1. The third-order valence-corrected chi connectivity index (χ3v) is 3.11. The molecule has 0 aliphatic rings. The summed E-state index contributed by atoms with van der Waals surface area (Å²) < 4.78 is 10.6. The fourth-order valence-electron chi connectivity index (χ4n) is 1.85. The first-order valence-electron chi connectivity index (χ1n) is 6.81. The lowest BCUT2D eigenvalue weighted by Gasteiger charge is -2.14. The zero-order valence-corrected chi connectivity index (χ0v) is 13.7. The molecule has 118 valence electrons. The van der Waals surface area contributed by atoms with Gasteiger partial charge in [0.15, 0.2) is 0 Å². The number of hydrogen-bond donors (Lipinski definition) is 2. The van der Waals surface area contributed by atoms with E-state index in [4.69, 9.17) is 21.1 Å². The van der Waals surface area contributed by atoms with Gasteiger partial charge in [-0.05, 0) is 19.9 Å². The van der Waals surface area contributed by atoms with Gasteiger partial charge in [-0.3, -0.25) is 0 Å². The first-order valence-corrected chi connectivity index (χ1v) is 7.19. The smallest absolute Gasteiger partial charge is 0.224 e. The van der Waals surface area contributed by atoms with E-state index in [-0.39, 0.29) is 6.04 Å². The van der Waals surface area contributed by atoms with E-state index >= 15 is 0 Å². The van der Waals surface area contributed by atoms with Crippen LogP contribution in [0.3, 0.4) is 0 Å². The van der Waals surface area contributed by atoms with Gasteiger partial charge in [0, 0.05) is 24.4 Å². The quantitative estimate of drug-likeness (QED) is 0.845. The first kappa shape index (κ1) is 16.2. The normalized spacial score (nSPS) is 10.5. The second-order valence-corrected chi connectivity index (χ2v) is 5.28. The highest BCUT2D eigenvalue weighted by Crippen LogP contribution is 2.37. The predicted molar refractivity (Wildman–Crippen MR) is 88.6 cm³/mol. The predicted octanol–water partition coefficient (Wildman–Crippen LogP) is 3.71. The van der Waals surface area contributed by atoms with Crippen LogP contribution in [0.2, 0.25) is 5.02 Å². The van der Waals surface area contributed by atoms with Crippen molar-refractivity contribution in [2.24, 2.45) is 0 Å². The highest BCUT2D eigenvalue weighted by molar-refractivity contribution is 6.32. The van der Waals surface area contributed by atoms with Crippen LogP contribution in [0.1, 0.15) is 13.8 Å². The molecule has 0 atom stereocenters. The van der Waals surface area contributed by atoms with Crippen molar-refractivity contribution in [2.45, 2.75) is 19.9 Å². The lowest BCUT2D eigenvalue weighted by atomic mass is 10.2. The van der Waals surface area contributed by atoms with E-state index in [0.29, 0.717) is 34.0 Å². The van der Waals surface area contributed by atoms with Crippen LogP contribution in [0.15, 0.2) is 24.4 Å². The number of aromatic nitrogens is 2. The number of nitrogens with one attached hydrogen (secondary N) is 2. The Morgan fingerprint density at radius 3 is 2.50 bits per heavy atom. The molecule has 2 aromatic rings. The van der Waals surface area contributed by atoms with Crippen LogP contribution < -0.4 is 20.1 Å². The second-order valence-electron chi connectivity index (χ2n) is 4.88. The molecule has 0 bridgehead atoms. The molecule has 0 unspecified atom stereocenters. The van der Waals surface area contributed by atoms with Crippen molar-refractivity contribution in [2.75, 3.05) is 24.9 Å². The second kappa shape index (κ2) is 7.17. The molecule has 7 heteroatoms. The molecular weight excluding hydrogens is 304 g/mol. The molecule has 2 rings (SSSR count). The molecule has 0 saturated heterocycles. The van der Waals surface area contributed by atoms with Crippen LogP contribution >= 0.6 is 11.6 Å². The van der Waals surface area contributed by atoms with Crippen molar-refractivity contribution >= 4 is 29.1 Å². The standard InChI is InChI=1S/C15H19ClN4O2/c1-9(2)18-15-17-6-5-14(20-15)19-11-8-12(21-3)10(16)7-13(11)22-4/h5-9H,1-4H3,(H2,17,18,19,20). The van der Waals surface area contributed by atoms with Crippen LogP contribution in [0.25, 0.3) is 0 Å². The molecule has 0 saturated carbocycles. The fraction of sp³-hybridized carbons (Fsp3) is 0.333. The van der Waals surface area contributed by atoms with E-state index < -0.39 is 0 Å². The maximum atomic E-state index is 6.10. The van der Waals surface area contributed by atoms with Crippen molar-refractivity contribution in [3.05, 3.63) is 29.4 Å². The average molecular weight is 323 g/mol. The average Bonchev–Trinajstić information content (AvgIpc) is 2.48. The van der Waals surface area contributed by atoms with Gasteiger partial charge in [-0.15, -0.1) is 0 Å². The fourth-order valence-corrected chi connectivity index (χ4v) is 2.08. The van der Waals surface area contributed by atoms with Crippen molar-refractivity contribution in [3.8, 4) is 11.5 Å². The van der Waals surface area contributed by atoms with Gasteiger partial charge in [0.1, 0.15) is 17.3 Å². The molecule has 6 nitrogen and oxygen atoms in total. The van der Waals surface area contributed by atoms with Gasteiger partial charge in [0.05, 0.1) is 24.9 Å². The summed E-state index contributed by atoms with van der Waals surface area (Å²) in [6, 6.07) is 5.47. The van der Waals surface area contributed by atoms with E-state index in [1.165, 1.54) is 0 Å². The summed E-state index contributed by atoms with van der Waals surface area (Å²) in [4.78, 5) is 8.57. The maximum Gasteiger partial charge on any atom is 0.224 e. The number of ether oxygens (including phenoxy) is 2. The van der Waals surface area contributed by atoms with Gasteiger partial charge in [0.25, 0.3) is 0 Å². The molecule has 0 aliphatic heterocycles. The molecular formula is C15H19ClN4O2. The van der Waals surface area contributed by atoms with Gasteiger partial charge in [-0.2, -0.15) is 4.98 Å². The van der Waals surface area contributed by atoms with Crippen LogP contribution in [0, 0.1) is 0 Å². The van der Waals surface area contributed by atoms with Crippen LogP contribution in [0.4, 0.5) is 17.5 Å². The Balaban J connectivity index is 2.30. The number of anilines is 3. The zero-order valence-electron chi connectivity index (χ0n) is 13.0. The Morgan fingerprint density at radius 1 is 1.14 bits per heavy atom. The molecule has 0 amide bonds. The molecule has 2 N–H and O–H groups in total. The van der Waals surface area contributed by atoms with E-state index in [1.54, 1.807) is 38.6 Å². The molecule has 0 radical (unpaired) electrons. The summed E-state index contributed by atoms with van der Waals surface area (Å²) in [6.45, 7) is 4.05. The van der Waals surface area contributed by atoms with Gasteiger partial charge in [-0.1, -0.05) is 11.6 Å². The number of benzene rings is 1. The minimum Gasteiger partial charge on any atom is -0.495 e. The number of rotatable bonds is 6. The first-order chi connectivity index (χ1) is 10.5.